The van der Waals surface area contributed by atoms with Crippen molar-refractivity contribution in [2.45, 2.75) is 25.1 Å². The normalized spacial score (nSPS) is 28.2. The molecule has 1 saturated heterocycles. The van der Waals surface area contributed by atoms with Gasteiger partial charge >= 0.3 is 5.97 Å². The van der Waals surface area contributed by atoms with E-state index in [0.29, 0.717) is 13.1 Å². The minimum Gasteiger partial charge on any atom is -0.480 e. The third-order valence-electron chi connectivity index (χ3n) is 3.36. The van der Waals surface area contributed by atoms with Crippen LogP contribution in [0.15, 0.2) is 30.3 Å². The van der Waals surface area contributed by atoms with Crippen LogP contribution in [0.4, 0.5) is 0 Å². The molecular formula is C14H18INO3. The Balaban J connectivity index is 2.14. The van der Waals surface area contributed by atoms with Crippen LogP contribution in [-0.2, 0) is 16.1 Å². The van der Waals surface area contributed by atoms with Gasteiger partial charge in [-0.05, 0) is 12.5 Å². The first kappa shape index (κ1) is 14.7. The highest BCUT2D eigenvalue weighted by molar-refractivity contribution is 14.1. The average molecular weight is 375 g/mol. The van der Waals surface area contributed by atoms with Crippen LogP contribution >= 0.6 is 22.6 Å². The van der Waals surface area contributed by atoms with Crippen LogP contribution in [0.3, 0.4) is 0 Å². The lowest BCUT2D eigenvalue weighted by Crippen LogP contribution is -2.58. The first-order chi connectivity index (χ1) is 9.04. The van der Waals surface area contributed by atoms with Crippen molar-refractivity contribution >= 4 is 28.6 Å². The van der Waals surface area contributed by atoms with Gasteiger partial charge in [0.05, 0.1) is 12.2 Å². The van der Waals surface area contributed by atoms with Crippen LogP contribution in [0, 0.1) is 0 Å². The zero-order valence-electron chi connectivity index (χ0n) is 10.9. The summed E-state index contributed by atoms with van der Waals surface area (Å²) in [7, 11) is 0. The minimum absolute atomic E-state index is 0.252. The third-order valence-corrected chi connectivity index (χ3v) is 4.98. The second-order valence-corrected chi connectivity index (χ2v) is 5.90. The number of aliphatic carboxylic acids is 1. The number of carbonyl (C=O) groups is 1. The van der Waals surface area contributed by atoms with Crippen LogP contribution in [0.2, 0.25) is 0 Å². The molecule has 1 aromatic rings. The van der Waals surface area contributed by atoms with E-state index in [1.165, 1.54) is 0 Å². The van der Waals surface area contributed by atoms with E-state index in [9.17, 15) is 9.90 Å². The number of halogens is 1. The molecule has 4 nitrogen and oxygen atoms in total. The van der Waals surface area contributed by atoms with Crippen molar-refractivity contribution in [3.05, 3.63) is 35.9 Å². The summed E-state index contributed by atoms with van der Waals surface area (Å²) in [6.45, 7) is 3.58. The van der Waals surface area contributed by atoms with E-state index in [1.807, 2.05) is 42.2 Å². The number of benzene rings is 1. The van der Waals surface area contributed by atoms with Gasteiger partial charge in [0.2, 0.25) is 0 Å². The quantitative estimate of drug-likeness (QED) is 0.648. The van der Waals surface area contributed by atoms with E-state index in [4.69, 9.17) is 4.74 Å². The second-order valence-electron chi connectivity index (χ2n) is 5.14. The number of hydrogen-bond donors (Lipinski definition) is 1. The molecule has 0 bridgehead atoms. The number of hydrogen-bond acceptors (Lipinski definition) is 3. The molecule has 0 aromatic heterocycles. The second kappa shape index (κ2) is 6.19. The van der Waals surface area contributed by atoms with Crippen molar-refractivity contribution in [2.24, 2.45) is 0 Å². The maximum absolute atomic E-state index is 11.3. The molecule has 1 heterocycles. The van der Waals surface area contributed by atoms with Gasteiger partial charge in [-0.15, -0.1) is 0 Å². The Bertz CT molecular complexity index is 440. The fourth-order valence-corrected chi connectivity index (χ4v) is 2.72. The summed E-state index contributed by atoms with van der Waals surface area (Å²) in [6.07, 6.45) is 0. The molecule has 0 saturated carbocycles. The van der Waals surface area contributed by atoms with Gasteiger partial charge in [-0.3, -0.25) is 9.69 Å². The number of nitrogens with zero attached hydrogens (tertiary/aromatic N) is 1. The van der Waals surface area contributed by atoms with Gasteiger partial charge in [0, 0.05) is 17.5 Å². The first-order valence-electron chi connectivity index (χ1n) is 6.25. The molecule has 5 heteroatoms. The number of alkyl halides is 1. The molecule has 2 rings (SSSR count). The molecule has 0 aliphatic carbocycles. The summed E-state index contributed by atoms with van der Waals surface area (Å²) in [6, 6.07) is 9.40. The first-order valence-corrected chi connectivity index (χ1v) is 7.77. The summed E-state index contributed by atoms with van der Waals surface area (Å²) in [5.74, 6) is -0.813. The van der Waals surface area contributed by atoms with E-state index >= 15 is 0 Å². The summed E-state index contributed by atoms with van der Waals surface area (Å²) < 4.78 is 6.58. The Hall–Kier alpha value is -0.660. The molecule has 1 aromatic carbocycles. The number of carboxylic acid groups (broad SMARTS) is 1. The lowest BCUT2D eigenvalue weighted by Gasteiger charge is -2.43. The molecule has 1 N–H and O–H groups in total. The van der Waals surface area contributed by atoms with Gasteiger partial charge in [-0.2, -0.15) is 0 Å². The predicted octanol–water partition coefficient (Wildman–Crippen LogP) is 2.17. The Labute approximate surface area is 126 Å². The maximum atomic E-state index is 11.3. The smallest absolute Gasteiger partial charge is 0.323 e. The molecule has 2 unspecified atom stereocenters. The van der Waals surface area contributed by atoms with Crippen LogP contribution in [0.25, 0.3) is 0 Å². The van der Waals surface area contributed by atoms with Crippen LogP contribution in [0.5, 0.6) is 0 Å². The zero-order valence-corrected chi connectivity index (χ0v) is 13.0. The van der Waals surface area contributed by atoms with E-state index in [1.54, 1.807) is 0 Å². The lowest BCUT2D eigenvalue weighted by molar-refractivity contribution is -0.162. The largest absolute Gasteiger partial charge is 0.480 e. The van der Waals surface area contributed by atoms with E-state index < -0.39 is 12.0 Å². The van der Waals surface area contributed by atoms with Gasteiger partial charge < -0.3 is 9.84 Å². The highest BCUT2D eigenvalue weighted by Crippen LogP contribution is 2.25. The molecule has 1 aliphatic heterocycles. The highest BCUT2D eigenvalue weighted by Gasteiger charge is 2.39. The van der Waals surface area contributed by atoms with E-state index in [2.05, 4.69) is 22.6 Å². The zero-order chi connectivity index (χ0) is 13.9. The summed E-state index contributed by atoms with van der Waals surface area (Å²) in [4.78, 5) is 13.3. The maximum Gasteiger partial charge on any atom is 0.323 e. The summed E-state index contributed by atoms with van der Waals surface area (Å²) in [5.41, 5.74) is 0.868. The SMILES string of the molecule is CC1(CI)CN(Cc2ccccc2)C(C(=O)O)CO1. The predicted molar refractivity (Wildman–Crippen MR) is 81.5 cm³/mol. The van der Waals surface area contributed by atoms with E-state index in [-0.39, 0.29) is 12.2 Å². The fourth-order valence-electron chi connectivity index (χ4n) is 2.26. The van der Waals surface area contributed by atoms with E-state index in [0.717, 1.165) is 9.99 Å². The van der Waals surface area contributed by atoms with Crippen LogP contribution in [-0.4, -0.2) is 45.2 Å². The molecule has 1 fully saturated rings. The average Bonchev–Trinajstić information content (AvgIpc) is 2.40. The number of carboxylic acids is 1. The van der Waals surface area contributed by atoms with Crippen LogP contribution in [0.1, 0.15) is 12.5 Å². The van der Waals surface area contributed by atoms with Gasteiger partial charge in [0.25, 0.3) is 0 Å². The molecule has 1 aliphatic rings. The van der Waals surface area contributed by atoms with Crippen molar-refractivity contribution in [2.75, 3.05) is 17.6 Å². The van der Waals surface area contributed by atoms with Gasteiger partial charge in [0.1, 0.15) is 6.04 Å². The minimum atomic E-state index is -0.813. The molecule has 19 heavy (non-hydrogen) atoms. The van der Waals surface area contributed by atoms with Crippen molar-refractivity contribution < 1.29 is 14.6 Å². The third kappa shape index (κ3) is 3.67. The monoisotopic (exact) mass is 375 g/mol. The Morgan fingerprint density at radius 3 is 2.79 bits per heavy atom. The van der Waals surface area contributed by atoms with Crippen molar-refractivity contribution in [3.8, 4) is 0 Å². The van der Waals surface area contributed by atoms with Gasteiger partial charge in [0.15, 0.2) is 0 Å². The highest BCUT2D eigenvalue weighted by atomic mass is 127. The molecule has 104 valence electrons. The van der Waals surface area contributed by atoms with Gasteiger partial charge in [-0.1, -0.05) is 52.9 Å². The number of rotatable bonds is 4. The molecular weight excluding hydrogens is 357 g/mol. The topological polar surface area (TPSA) is 49.8 Å². The molecule has 2 atom stereocenters. The summed E-state index contributed by atoms with van der Waals surface area (Å²) in [5, 5.41) is 9.31. The molecule has 0 radical (unpaired) electrons. The standard InChI is InChI=1S/C14H18INO3/c1-14(9-15)10-16(12(8-19-14)13(17)18)7-11-5-3-2-4-6-11/h2-6,12H,7-10H2,1H3,(H,17,18). The summed E-state index contributed by atoms with van der Waals surface area (Å²) >= 11 is 2.29. The lowest BCUT2D eigenvalue weighted by atomic mass is 10.0. The fraction of sp³-hybridized carbons (Fsp3) is 0.500. The van der Waals surface area contributed by atoms with Crippen LogP contribution < -0.4 is 0 Å². The molecule has 0 amide bonds. The Kier molecular flexibility index (Phi) is 4.81. The number of ether oxygens (including phenoxy) is 1. The molecule has 0 spiro atoms. The number of morpholine rings is 1. The van der Waals surface area contributed by atoms with Crippen molar-refractivity contribution in [1.29, 1.82) is 0 Å². The van der Waals surface area contributed by atoms with Gasteiger partial charge in [-0.25, -0.2) is 0 Å². The van der Waals surface area contributed by atoms with Crippen molar-refractivity contribution in [1.82, 2.24) is 4.90 Å². The Morgan fingerprint density at radius 1 is 1.53 bits per heavy atom. The van der Waals surface area contributed by atoms with Crippen molar-refractivity contribution in [3.63, 3.8) is 0 Å². The Morgan fingerprint density at radius 2 is 2.21 bits per heavy atom.